The number of halogens is 2. The van der Waals surface area contributed by atoms with Crippen molar-refractivity contribution in [3.05, 3.63) is 62.0 Å². The fourth-order valence-electron chi connectivity index (χ4n) is 2.07. The van der Waals surface area contributed by atoms with Gasteiger partial charge in [-0.05, 0) is 25.1 Å². The van der Waals surface area contributed by atoms with Crippen LogP contribution in [0.1, 0.15) is 11.5 Å². The molecule has 0 atom stereocenters. The van der Waals surface area contributed by atoms with E-state index in [0.29, 0.717) is 16.5 Å². The van der Waals surface area contributed by atoms with Crippen molar-refractivity contribution < 1.29 is 0 Å². The van der Waals surface area contributed by atoms with Crippen molar-refractivity contribution in [2.75, 3.05) is 0 Å². The molecule has 0 fully saturated rings. The molecule has 3 rings (SSSR count). The van der Waals surface area contributed by atoms with Gasteiger partial charge in [0, 0.05) is 16.9 Å². The van der Waals surface area contributed by atoms with Gasteiger partial charge in [-0.3, -0.25) is 9.36 Å². The Balaban J connectivity index is 2.18. The molecule has 3 aromatic rings. The lowest BCUT2D eigenvalue weighted by Crippen LogP contribution is -2.25. The number of benzene rings is 1. The van der Waals surface area contributed by atoms with Crippen LogP contribution in [-0.2, 0) is 6.54 Å². The summed E-state index contributed by atoms with van der Waals surface area (Å²) in [7, 11) is 0. The Labute approximate surface area is 133 Å². The number of hydrogen-bond donors (Lipinski definition) is 0. The molecule has 1 aromatic carbocycles. The van der Waals surface area contributed by atoms with Gasteiger partial charge in [0.05, 0.1) is 22.6 Å². The molecular weight excluding hydrogens is 356 g/mol. The second kappa shape index (κ2) is 5.54. The second-order valence-electron chi connectivity index (χ2n) is 4.54. The maximum atomic E-state index is 12.3. The second-order valence-corrected chi connectivity index (χ2v) is 5.89. The molecule has 0 radical (unpaired) electrons. The molecule has 2 heterocycles. The minimum Gasteiger partial charge on any atom is -0.298 e. The van der Waals surface area contributed by atoms with Crippen molar-refractivity contribution in [3.8, 4) is 0 Å². The van der Waals surface area contributed by atoms with Crippen LogP contribution < -0.4 is 5.56 Å². The van der Waals surface area contributed by atoms with E-state index in [2.05, 4.69) is 30.9 Å². The summed E-state index contributed by atoms with van der Waals surface area (Å²) in [6, 6.07) is 5.60. The summed E-state index contributed by atoms with van der Waals surface area (Å²) in [5.74, 6) is 0.524. The molecule has 0 saturated heterocycles. The molecular formula is C14H10BrClN4O. The molecule has 106 valence electrons. The minimum absolute atomic E-state index is 0.150. The quantitative estimate of drug-likeness (QED) is 0.700. The van der Waals surface area contributed by atoms with E-state index in [-0.39, 0.29) is 12.1 Å². The Bertz CT molecular complexity index is 877. The molecule has 0 bridgehead atoms. The van der Waals surface area contributed by atoms with Crippen LogP contribution in [0.4, 0.5) is 0 Å². The summed E-state index contributed by atoms with van der Waals surface area (Å²) in [6.45, 7) is 1.97. The molecule has 2 aromatic heterocycles. The first-order valence-corrected chi connectivity index (χ1v) is 7.35. The van der Waals surface area contributed by atoms with E-state index >= 15 is 0 Å². The Morgan fingerprint density at radius 1 is 1.29 bits per heavy atom. The SMILES string of the molecule is Cc1nc2cc(Br)ccc2n(Cc2ncc(Cl)cn2)c1=O. The Hall–Kier alpha value is -1.79. The predicted molar refractivity (Wildman–Crippen MR) is 84.6 cm³/mol. The molecule has 5 nitrogen and oxygen atoms in total. The van der Waals surface area contributed by atoms with Crippen LogP contribution in [0.3, 0.4) is 0 Å². The van der Waals surface area contributed by atoms with E-state index in [0.717, 1.165) is 15.5 Å². The zero-order valence-electron chi connectivity index (χ0n) is 11.0. The first kappa shape index (κ1) is 14.2. The van der Waals surface area contributed by atoms with Crippen molar-refractivity contribution in [3.63, 3.8) is 0 Å². The van der Waals surface area contributed by atoms with Crippen LogP contribution in [0, 0.1) is 6.92 Å². The van der Waals surface area contributed by atoms with Crippen molar-refractivity contribution in [1.82, 2.24) is 19.5 Å². The zero-order valence-corrected chi connectivity index (χ0v) is 13.4. The van der Waals surface area contributed by atoms with Crippen LogP contribution >= 0.6 is 27.5 Å². The fourth-order valence-corrected chi connectivity index (χ4v) is 2.51. The summed E-state index contributed by atoms with van der Waals surface area (Å²) in [4.78, 5) is 24.9. The van der Waals surface area contributed by atoms with Gasteiger partial charge in [-0.1, -0.05) is 27.5 Å². The van der Waals surface area contributed by atoms with E-state index < -0.39 is 0 Å². The first-order valence-electron chi connectivity index (χ1n) is 6.18. The Kier molecular flexibility index (Phi) is 3.73. The van der Waals surface area contributed by atoms with Crippen LogP contribution in [0.25, 0.3) is 11.0 Å². The van der Waals surface area contributed by atoms with Gasteiger partial charge in [-0.25, -0.2) is 15.0 Å². The van der Waals surface area contributed by atoms with Gasteiger partial charge in [0.2, 0.25) is 0 Å². The normalized spacial score (nSPS) is 11.0. The van der Waals surface area contributed by atoms with Crippen LogP contribution in [-0.4, -0.2) is 19.5 Å². The van der Waals surface area contributed by atoms with Crippen LogP contribution in [0.5, 0.6) is 0 Å². The molecule has 21 heavy (non-hydrogen) atoms. The summed E-state index contributed by atoms with van der Waals surface area (Å²) in [6.07, 6.45) is 3.03. The third-order valence-corrected chi connectivity index (χ3v) is 3.73. The summed E-state index contributed by atoms with van der Waals surface area (Å²) in [5.41, 5.74) is 1.78. The Morgan fingerprint density at radius 2 is 2.00 bits per heavy atom. The van der Waals surface area contributed by atoms with Crippen molar-refractivity contribution in [2.24, 2.45) is 0 Å². The average molecular weight is 366 g/mol. The highest BCUT2D eigenvalue weighted by atomic mass is 79.9. The van der Waals surface area contributed by atoms with Gasteiger partial charge < -0.3 is 0 Å². The molecule has 0 aliphatic carbocycles. The molecule has 0 N–H and O–H groups in total. The average Bonchev–Trinajstić information content (AvgIpc) is 2.46. The van der Waals surface area contributed by atoms with Crippen LogP contribution in [0.2, 0.25) is 5.02 Å². The third kappa shape index (κ3) is 2.82. The number of hydrogen-bond acceptors (Lipinski definition) is 4. The number of nitrogens with zero attached hydrogens (tertiary/aromatic N) is 4. The van der Waals surface area contributed by atoms with Gasteiger partial charge in [0.15, 0.2) is 0 Å². The molecule has 0 aliphatic rings. The zero-order chi connectivity index (χ0) is 15.0. The highest BCUT2D eigenvalue weighted by Crippen LogP contribution is 2.17. The highest BCUT2D eigenvalue weighted by molar-refractivity contribution is 9.10. The number of aromatic nitrogens is 4. The Morgan fingerprint density at radius 3 is 2.71 bits per heavy atom. The molecule has 0 spiro atoms. The standard InChI is InChI=1S/C14H10BrClN4O/c1-8-14(21)20(7-13-17-5-10(16)6-18-13)12-3-2-9(15)4-11(12)19-8/h2-6H,7H2,1H3. The topological polar surface area (TPSA) is 60.7 Å². The number of rotatable bonds is 2. The maximum absolute atomic E-state index is 12.3. The summed E-state index contributed by atoms with van der Waals surface area (Å²) >= 11 is 9.18. The number of fused-ring (bicyclic) bond motifs is 1. The van der Waals surface area contributed by atoms with E-state index in [1.807, 2.05) is 18.2 Å². The monoisotopic (exact) mass is 364 g/mol. The lowest BCUT2D eigenvalue weighted by molar-refractivity contribution is 0.729. The van der Waals surface area contributed by atoms with Crippen LogP contribution in [0.15, 0.2) is 39.9 Å². The van der Waals surface area contributed by atoms with E-state index in [4.69, 9.17) is 11.6 Å². The lowest BCUT2D eigenvalue weighted by atomic mass is 10.2. The number of aryl methyl sites for hydroxylation is 1. The largest absolute Gasteiger partial charge is 0.298 e. The van der Waals surface area contributed by atoms with Crippen molar-refractivity contribution in [2.45, 2.75) is 13.5 Å². The van der Waals surface area contributed by atoms with Gasteiger partial charge in [-0.15, -0.1) is 0 Å². The van der Waals surface area contributed by atoms with Crippen molar-refractivity contribution >= 4 is 38.6 Å². The maximum Gasteiger partial charge on any atom is 0.272 e. The third-order valence-electron chi connectivity index (χ3n) is 3.04. The van der Waals surface area contributed by atoms with Gasteiger partial charge >= 0.3 is 0 Å². The molecule has 0 saturated carbocycles. The summed E-state index contributed by atoms with van der Waals surface area (Å²) < 4.78 is 2.53. The first-order chi connectivity index (χ1) is 10.0. The highest BCUT2D eigenvalue weighted by Gasteiger charge is 2.10. The van der Waals surface area contributed by atoms with Crippen molar-refractivity contribution in [1.29, 1.82) is 0 Å². The predicted octanol–water partition coefficient (Wildman–Crippen LogP) is 2.96. The summed E-state index contributed by atoms with van der Waals surface area (Å²) in [5, 5.41) is 0.464. The molecule has 7 heteroatoms. The van der Waals surface area contributed by atoms with E-state index in [9.17, 15) is 4.79 Å². The van der Waals surface area contributed by atoms with E-state index in [1.54, 1.807) is 11.5 Å². The smallest absolute Gasteiger partial charge is 0.272 e. The minimum atomic E-state index is -0.150. The molecule has 0 amide bonds. The van der Waals surface area contributed by atoms with Gasteiger partial charge in [0.1, 0.15) is 11.5 Å². The lowest BCUT2D eigenvalue weighted by Gasteiger charge is -2.10. The van der Waals surface area contributed by atoms with Gasteiger partial charge in [-0.2, -0.15) is 0 Å². The fraction of sp³-hybridized carbons (Fsp3) is 0.143. The molecule has 0 aliphatic heterocycles. The van der Waals surface area contributed by atoms with Gasteiger partial charge in [0.25, 0.3) is 5.56 Å². The molecule has 0 unspecified atom stereocenters. The van der Waals surface area contributed by atoms with E-state index in [1.165, 1.54) is 12.4 Å².